The van der Waals surface area contributed by atoms with Crippen molar-refractivity contribution in [2.45, 2.75) is 6.92 Å². The van der Waals surface area contributed by atoms with E-state index in [0.717, 1.165) is 0 Å². The summed E-state index contributed by atoms with van der Waals surface area (Å²) in [5.74, 6) is -1.18. The Morgan fingerprint density at radius 2 is 2.44 bits per heavy atom. The molecule has 0 aliphatic heterocycles. The number of carbonyl (C=O) groups is 1. The number of nitrogens with zero attached hydrogens (tertiary/aromatic N) is 1. The van der Waals surface area contributed by atoms with E-state index < -0.39 is 11.8 Å². The number of hydrogen-bond acceptors (Lipinski definition) is 3. The van der Waals surface area contributed by atoms with Crippen molar-refractivity contribution >= 4 is 18.5 Å². The van der Waals surface area contributed by atoms with E-state index in [4.69, 9.17) is 5.41 Å². The van der Waals surface area contributed by atoms with Gasteiger partial charge < -0.3 is 4.74 Å². The van der Waals surface area contributed by atoms with Crippen LogP contribution in [0.15, 0.2) is 4.99 Å². The van der Waals surface area contributed by atoms with Crippen LogP contribution in [-0.2, 0) is 9.53 Å². The van der Waals surface area contributed by atoms with Crippen molar-refractivity contribution in [3.8, 4) is 0 Å². The van der Waals surface area contributed by atoms with Crippen LogP contribution in [-0.4, -0.2) is 25.1 Å². The Labute approximate surface area is 53.1 Å². The zero-order valence-corrected chi connectivity index (χ0v) is 5.18. The van der Waals surface area contributed by atoms with Gasteiger partial charge in [-0.15, -0.1) is 0 Å². The lowest BCUT2D eigenvalue weighted by Gasteiger charge is -1.95. The summed E-state index contributed by atoms with van der Waals surface area (Å²) in [4.78, 5) is 13.5. The number of hydrogen-bond donors (Lipinski definition) is 1. The molecule has 4 heteroatoms. The van der Waals surface area contributed by atoms with Gasteiger partial charge in [0.15, 0.2) is 0 Å². The number of nitrogens with one attached hydrogen (secondary N) is 1. The Morgan fingerprint density at radius 3 is 2.78 bits per heavy atom. The number of amidine groups is 1. The lowest BCUT2D eigenvalue weighted by atomic mass is 10.6. The molecule has 0 fully saturated rings. The van der Waals surface area contributed by atoms with Crippen LogP contribution in [0, 0.1) is 5.41 Å². The van der Waals surface area contributed by atoms with Crippen molar-refractivity contribution in [1.82, 2.24) is 0 Å². The molecule has 0 radical (unpaired) electrons. The average Bonchev–Trinajstić information content (AvgIpc) is 1.87. The van der Waals surface area contributed by atoms with Crippen LogP contribution in [0.3, 0.4) is 0 Å². The highest BCUT2D eigenvalue weighted by Crippen LogP contribution is 1.80. The molecule has 0 bridgehead atoms. The molecule has 0 aromatic heterocycles. The van der Waals surface area contributed by atoms with Gasteiger partial charge in [0.05, 0.1) is 6.61 Å². The number of ether oxygens (including phenoxy) is 1. The van der Waals surface area contributed by atoms with Gasteiger partial charge >= 0.3 is 5.97 Å². The predicted molar refractivity (Wildman–Crippen MR) is 33.9 cm³/mol. The lowest BCUT2D eigenvalue weighted by Crippen LogP contribution is -2.13. The highest BCUT2D eigenvalue weighted by Gasteiger charge is 2.05. The second-order valence-electron chi connectivity index (χ2n) is 1.23. The van der Waals surface area contributed by atoms with Crippen molar-refractivity contribution in [3.63, 3.8) is 0 Å². The van der Waals surface area contributed by atoms with Gasteiger partial charge in [0, 0.05) is 0 Å². The van der Waals surface area contributed by atoms with E-state index in [1.807, 2.05) is 0 Å². The first-order chi connectivity index (χ1) is 4.22. The van der Waals surface area contributed by atoms with Gasteiger partial charge in [-0.05, 0) is 13.6 Å². The highest BCUT2D eigenvalue weighted by molar-refractivity contribution is 6.35. The fourth-order valence-corrected chi connectivity index (χ4v) is 0.264. The van der Waals surface area contributed by atoms with Crippen LogP contribution in [0.2, 0.25) is 0 Å². The van der Waals surface area contributed by atoms with E-state index in [-0.39, 0.29) is 6.61 Å². The Morgan fingerprint density at radius 1 is 1.89 bits per heavy atom. The number of aliphatic imine (C=N–C) groups is 1. The van der Waals surface area contributed by atoms with Gasteiger partial charge in [0.2, 0.25) is 5.84 Å². The molecule has 0 aromatic rings. The second-order valence-corrected chi connectivity index (χ2v) is 1.23. The van der Waals surface area contributed by atoms with Crippen molar-refractivity contribution in [1.29, 1.82) is 5.41 Å². The van der Waals surface area contributed by atoms with Crippen molar-refractivity contribution in [2.24, 2.45) is 4.99 Å². The maximum Gasteiger partial charge on any atom is 0.375 e. The molecule has 0 atom stereocenters. The van der Waals surface area contributed by atoms with Crippen LogP contribution >= 0.6 is 0 Å². The molecular formula is C5H8N2O2. The first kappa shape index (κ1) is 7.81. The standard InChI is InChI=1S/C5H8N2O2/c1-3-9-5(8)4(6)7-2/h6H,2-3H2,1H3. The Kier molecular flexibility index (Phi) is 3.27. The average molecular weight is 128 g/mol. The molecule has 9 heavy (non-hydrogen) atoms. The summed E-state index contributed by atoms with van der Waals surface area (Å²) in [7, 11) is 0. The smallest absolute Gasteiger partial charge is 0.375 e. The molecule has 4 nitrogen and oxygen atoms in total. The Hall–Kier alpha value is -1.19. The van der Waals surface area contributed by atoms with Gasteiger partial charge in [0.25, 0.3) is 0 Å². The van der Waals surface area contributed by atoms with Gasteiger partial charge in [-0.3, -0.25) is 5.41 Å². The molecule has 1 N–H and O–H groups in total. The SMILES string of the molecule is C=NC(=N)C(=O)OCC. The van der Waals surface area contributed by atoms with Crippen LogP contribution in [0.25, 0.3) is 0 Å². The van der Waals surface area contributed by atoms with Gasteiger partial charge in [-0.25, -0.2) is 9.79 Å². The fourth-order valence-electron chi connectivity index (χ4n) is 0.264. The third kappa shape index (κ3) is 2.58. The summed E-state index contributed by atoms with van der Waals surface area (Å²) in [6.45, 7) is 4.91. The fraction of sp³-hybridized carbons (Fsp3) is 0.400. The normalized spacial score (nSPS) is 8.11. The van der Waals surface area contributed by atoms with E-state index >= 15 is 0 Å². The maximum atomic E-state index is 10.4. The zero-order chi connectivity index (χ0) is 7.28. The molecule has 50 valence electrons. The first-order valence-corrected chi connectivity index (χ1v) is 2.44. The van der Waals surface area contributed by atoms with Crippen molar-refractivity contribution < 1.29 is 9.53 Å². The third-order valence-electron chi connectivity index (χ3n) is 0.627. The second kappa shape index (κ2) is 3.77. The third-order valence-corrected chi connectivity index (χ3v) is 0.627. The molecule has 0 aromatic carbocycles. The van der Waals surface area contributed by atoms with E-state index in [9.17, 15) is 4.79 Å². The summed E-state index contributed by atoms with van der Waals surface area (Å²) in [6, 6.07) is 0. The number of carbonyl (C=O) groups excluding carboxylic acids is 1. The van der Waals surface area contributed by atoms with Gasteiger partial charge in [0.1, 0.15) is 0 Å². The molecule has 0 saturated carbocycles. The summed E-state index contributed by atoms with van der Waals surface area (Å²) in [5.41, 5.74) is 0. The summed E-state index contributed by atoms with van der Waals surface area (Å²) >= 11 is 0. The first-order valence-electron chi connectivity index (χ1n) is 2.44. The van der Waals surface area contributed by atoms with E-state index in [1.165, 1.54) is 0 Å². The molecule has 0 saturated heterocycles. The van der Waals surface area contributed by atoms with E-state index in [0.29, 0.717) is 0 Å². The maximum absolute atomic E-state index is 10.4. The van der Waals surface area contributed by atoms with Gasteiger partial charge in [-0.1, -0.05) is 0 Å². The summed E-state index contributed by atoms with van der Waals surface area (Å²) in [6.07, 6.45) is 0. The summed E-state index contributed by atoms with van der Waals surface area (Å²) < 4.78 is 4.40. The molecule has 0 rings (SSSR count). The monoisotopic (exact) mass is 128 g/mol. The Bertz CT molecular complexity index is 142. The molecule has 0 spiro atoms. The predicted octanol–water partition coefficient (Wildman–Crippen LogP) is 0.227. The molecule has 0 unspecified atom stereocenters. The van der Waals surface area contributed by atoms with Crippen LogP contribution in [0.1, 0.15) is 6.92 Å². The van der Waals surface area contributed by atoms with Crippen LogP contribution < -0.4 is 0 Å². The molecular weight excluding hydrogens is 120 g/mol. The minimum Gasteiger partial charge on any atom is -0.460 e. The van der Waals surface area contributed by atoms with Crippen LogP contribution in [0.4, 0.5) is 0 Å². The van der Waals surface area contributed by atoms with E-state index in [2.05, 4.69) is 16.4 Å². The molecule has 0 amide bonds. The Balaban J connectivity index is 3.73. The molecule has 0 aliphatic rings. The van der Waals surface area contributed by atoms with Crippen molar-refractivity contribution in [3.05, 3.63) is 0 Å². The lowest BCUT2D eigenvalue weighted by molar-refractivity contribution is -0.135. The largest absolute Gasteiger partial charge is 0.460 e. The van der Waals surface area contributed by atoms with Crippen molar-refractivity contribution in [2.75, 3.05) is 6.61 Å². The molecule has 0 heterocycles. The zero-order valence-electron chi connectivity index (χ0n) is 5.18. The number of esters is 1. The molecule has 0 aliphatic carbocycles. The quantitative estimate of drug-likeness (QED) is 0.312. The van der Waals surface area contributed by atoms with Crippen LogP contribution in [0.5, 0.6) is 0 Å². The topological polar surface area (TPSA) is 62.5 Å². The highest BCUT2D eigenvalue weighted by atomic mass is 16.5. The van der Waals surface area contributed by atoms with Gasteiger partial charge in [-0.2, -0.15) is 0 Å². The minimum absolute atomic E-state index is 0.261. The van der Waals surface area contributed by atoms with E-state index in [1.54, 1.807) is 6.92 Å². The minimum atomic E-state index is -0.729. The summed E-state index contributed by atoms with van der Waals surface area (Å²) in [5, 5.41) is 6.74. The number of rotatable bonds is 1.